The Morgan fingerprint density at radius 2 is 1.80 bits per heavy atom. The fraction of sp³-hybridized carbons (Fsp3) is 0.478. The van der Waals surface area contributed by atoms with Gasteiger partial charge in [-0.2, -0.15) is 0 Å². The van der Waals surface area contributed by atoms with Gasteiger partial charge in [0.25, 0.3) is 0 Å². The second kappa shape index (κ2) is 9.73. The van der Waals surface area contributed by atoms with Crippen LogP contribution in [0.15, 0.2) is 41.8 Å². The Hall–Kier alpha value is -2.22. The summed E-state index contributed by atoms with van der Waals surface area (Å²) >= 11 is 1.78. The predicted octanol–water partition coefficient (Wildman–Crippen LogP) is 2.98. The lowest BCUT2D eigenvalue weighted by molar-refractivity contribution is -0.134. The van der Waals surface area contributed by atoms with Gasteiger partial charge in [-0.1, -0.05) is 23.8 Å². The maximum absolute atomic E-state index is 12.9. The van der Waals surface area contributed by atoms with Gasteiger partial charge in [-0.25, -0.2) is 0 Å². The number of nitrogens with one attached hydrogen (secondary N) is 1. The molecule has 1 atom stereocenters. The zero-order valence-electron chi connectivity index (χ0n) is 17.5. The van der Waals surface area contributed by atoms with Gasteiger partial charge in [0.1, 0.15) is 0 Å². The molecular formula is C23H30N4O2S. The van der Waals surface area contributed by atoms with E-state index in [-0.39, 0.29) is 11.8 Å². The first-order valence-corrected chi connectivity index (χ1v) is 11.6. The molecule has 0 aliphatic carbocycles. The minimum absolute atomic E-state index is 0.00511. The van der Waals surface area contributed by atoms with Crippen LogP contribution in [0.2, 0.25) is 0 Å². The molecule has 2 aromatic rings. The summed E-state index contributed by atoms with van der Waals surface area (Å²) in [5, 5.41) is 5.06. The number of carbonyl (C=O) groups excluding carboxylic acids is 2. The topological polar surface area (TPSA) is 55.9 Å². The van der Waals surface area contributed by atoms with E-state index >= 15 is 0 Å². The standard InChI is InChI=1S/C23H30N4O2S/c1-18-6-8-19(9-7-18)24-22(28)16-25-11-13-26(14-12-25)23(29)17-27-10-2-4-20(27)21-5-3-15-30-21/h3,5-9,15,20H,2,4,10-14,16-17H2,1H3,(H,24,28)/t20-/m0/s1. The van der Waals surface area contributed by atoms with Crippen molar-refractivity contribution in [3.63, 3.8) is 0 Å². The largest absolute Gasteiger partial charge is 0.339 e. The SMILES string of the molecule is Cc1ccc(NC(=O)CN2CCN(C(=O)CN3CCC[C@H]3c3cccs3)CC2)cc1. The molecule has 2 aliphatic rings. The van der Waals surface area contributed by atoms with E-state index in [1.165, 1.54) is 10.4 Å². The number of benzene rings is 1. The fourth-order valence-electron chi connectivity index (χ4n) is 4.29. The number of thiophene rings is 1. The van der Waals surface area contributed by atoms with Crippen LogP contribution in [-0.2, 0) is 9.59 Å². The highest BCUT2D eigenvalue weighted by molar-refractivity contribution is 7.10. The van der Waals surface area contributed by atoms with Gasteiger partial charge in [0.15, 0.2) is 0 Å². The Kier molecular flexibility index (Phi) is 6.82. The van der Waals surface area contributed by atoms with E-state index < -0.39 is 0 Å². The number of piperazine rings is 1. The molecule has 2 aliphatic heterocycles. The van der Waals surface area contributed by atoms with Gasteiger partial charge in [-0.05, 0) is 49.9 Å². The minimum Gasteiger partial charge on any atom is -0.339 e. The molecule has 160 valence electrons. The van der Waals surface area contributed by atoms with Gasteiger partial charge in [-0.3, -0.25) is 19.4 Å². The normalized spacial score (nSPS) is 20.4. The zero-order chi connectivity index (χ0) is 20.9. The van der Waals surface area contributed by atoms with Gasteiger partial charge in [0.05, 0.1) is 13.1 Å². The molecule has 2 fully saturated rings. The molecule has 1 N–H and O–H groups in total. The summed E-state index contributed by atoms with van der Waals surface area (Å²) in [6.45, 7) is 6.73. The van der Waals surface area contributed by atoms with Crippen LogP contribution in [0.5, 0.6) is 0 Å². The lowest BCUT2D eigenvalue weighted by Gasteiger charge is -2.35. The third kappa shape index (κ3) is 5.28. The van der Waals surface area contributed by atoms with E-state index in [2.05, 4.69) is 32.6 Å². The highest BCUT2D eigenvalue weighted by atomic mass is 32.1. The number of aryl methyl sites for hydroxylation is 1. The molecule has 0 spiro atoms. The lowest BCUT2D eigenvalue weighted by atomic mass is 10.2. The smallest absolute Gasteiger partial charge is 0.238 e. The van der Waals surface area contributed by atoms with Gasteiger partial charge in [0, 0.05) is 42.8 Å². The Morgan fingerprint density at radius 3 is 2.50 bits per heavy atom. The van der Waals surface area contributed by atoms with Crippen molar-refractivity contribution in [2.45, 2.75) is 25.8 Å². The molecule has 3 heterocycles. The van der Waals surface area contributed by atoms with Crippen molar-refractivity contribution >= 4 is 28.8 Å². The number of likely N-dealkylation sites (tertiary alicyclic amines) is 1. The maximum Gasteiger partial charge on any atom is 0.238 e. The van der Waals surface area contributed by atoms with Crippen LogP contribution >= 0.6 is 11.3 Å². The first kappa shape index (κ1) is 21.0. The molecule has 2 saturated heterocycles. The molecular weight excluding hydrogens is 396 g/mol. The van der Waals surface area contributed by atoms with Crippen LogP contribution in [0, 0.1) is 6.92 Å². The highest BCUT2D eigenvalue weighted by Crippen LogP contribution is 2.34. The maximum atomic E-state index is 12.9. The summed E-state index contributed by atoms with van der Waals surface area (Å²) in [5.41, 5.74) is 2.00. The Bertz CT molecular complexity index is 845. The fourth-order valence-corrected chi connectivity index (χ4v) is 5.18. The molecule has 30 heavy (non-hydrogen) atoms. The second-order valence-corrected chi connectivity index (χ2v) is 9.19. The number of nitrogens with zero attached hydrogens (tertiary/aromatic N) is 3. The van der Waals surface area contributed by atoms with Crippen molar-refractivity contribution in [3.05, 3.63) is 52.2 Å². The molecule has 6 nitrogen and oxygen atoms in total. The van der Waals surface area contributed by atoms with Crippen LogP contribution in [0.1, 0.15) is 29.3 Å². The van der Waals surface area contributed by atoms with E-state index in [0.29, 0.717) is 32.2 Å². The molecule has 0 saturated carbocycles. The van der Waals surface area contributed by atoms with E-state index in [9.17, 15) is 9.59 Å². The van der Waals surface area contributed by atoms with E-state index in [1.807, 2.05) is 36.1 Å². The monoisotopic (exact) mass is 426 g/mol. The van der Waals surface area contributed by atoms with Crippen LogP contribution < -0.4 is 5.32 Å². The molecule has 7 heteroatoms. The van der Waals surface area contributed by atoms with Crippen LogP contribution in [0.4, 0.5) is 5.69 Å². The summed E-state index contributed by atoms with van der Waals surface area (Å²) in [7, 11) is 0. The number of anilines is 1. The molecule has 0 unspecified atom stereocenters. The van der Waals surface area contributed by atoms with Gasteiger partial charge in [0.2, 0.25) is 11.8 Å². The quantitative estimate of drug-likeness (QED) is 0.772. The molecule has 0 bridgehead atoms. The molecule has 4 rings (SSSR count). The third-order valence-corrected chi connectivity index (χ3v) is 6.97. The van der Waals surface area contributed by atoms with Crippen molar-refractivity contribution < 1.29 is 9.59 Å². The number of carbonyl (C=O) groups is 2. The molecule has 1 aromatic carbocycles. The predicted molar refractivity (Wildman–Crippen MR) is 121 cm³/mol. The van der Waals surface area contributed by atoms with E-state index in [4.69, 9.17) is 0 Å². The van der Waals surface area contributed by atoms with Gasteiger partial charge >= 0.3 is 0 Å². The van der Waals surface area contributed by atoms with Crippen molar-refractivity contribution in [2.75, 3.05) is 51.1 Å². The number of rotatable bonds is 6. The summed E-state index contributed by atoms with van der Waals surface area (Å²) < 4.78 is 0. The van der Waals surface area contributed by atoms with E-state index in [1.54, 1.807) is 11.3 Å². The van der Waals surface area contributed by atoms with Crippen LogP contribution in [-0.4, -0.2) is 72.3 Å². The number of hydrogen-bond acceptors (Lipinski definition) is 5. The first-order chi connectivity index (χ1) is 14.6. The van der Waals surface area contributed by atoms with Crippen molar-refractivity contribution in [3.8, 4) is 0 Å². The average Bonchev–Trinajstić information content (AvgIpc) is 3.42. The molecule has 2 amide bonds. The third-order valence-electron chi connectivity index (χ3n) is 6.00. The zero-order valence-corrected chi connectivity index (χ0v) is 18.4. The van der Waals surface area contributed by atoms with Crippen molar-refractivity contribution in [2.24, 2.45) is 0 Å². The minimum atomic E-state index is -0.00511. The Morgan fingerprint density at radius 1 is 1.03 bits per heavy atom. The Labute approximate surface area is 182 Å². The van der Waals surface area contributed by atoms with Crippen LogP contribution in [0.25, 0.3) is 0 Å². The van der Waals surface area contributed by atoms with E-state index in [0.717, 1.165) is 38.2 Å². The highest BCUT2D eigenvalue weighted by Gasteiger charge is 2.30. The van der Waals surface area contributed by atoms with Crippen LogP contribution in [0.3, 0.4) is 0 Å². The summed E-state index contributed by atoms with van der Waals surface area (Å²) in [6.07, 6.45) is 2.29. The number of hydrogen-bond donors (Lipinski definition) is 1. The van der Waals surface area contributed by atoms with Gasteiger partial charge < -0.3 is 10.2 Å². The summed E-state index contributed by atoms with van der Waals surface area (Å²) in [4.78, 5) is 33.0. The van der Waals surface area contributed by atoms with Crippen molar-refractivity contribution in [1.82, 2.24) is 14.7 Å². The average molecular weight is 427 g/mol. The molecule has 1 aromatic heterocycles. The lowest BCUT2D eigenvalue weighted by Crippen LogP contribution is -2.52. The second-order valence-electron chi connectivity index (χ2n) is 8.22. The Balaban J connectivity index is 1.21. The van der Waals surface area contributed by atoms with Crippen molar-refractivity contribution in [1.29, 1.82) is 0 Å². The summed E-state index contributed by atoms with van der Waals surface area (Å²) in [6, 6.07) is 12.5. The number of amides is 2. The van der Waals surface area contributed by atoms with Gasteiger partial charge in [-0.15, -0.1) is 11.3 Å². The summed E-state index contributed by atoms with van der Waals surface area (Å²) in [5.74, 6) is 0.205. The molecule has 0 radical (unpaired) electrons. The first-order valence-electron chi connectivity index (χ1n) is 10.7.